The van der Waals surface area contributed by atoms with E-state index in [-0.39, 0.29) is 17.9 Å². The molecule has 1 aliphatic rings. The molecule has 2 N–H and O–H groups in total. The van der Waals surface area contributed by atoms with Crippen molar-refractivity contribution in [3.05, 3.63) is 82.7 Å². The first-order chi connectivity index (χ1) is 15.8. The number of anilines is 1. The van der Waals surface area contributed by atoms with Crippen molar-refractivity contribution < 1.29 is 18.0 Å². The predicted octanol–water partition coefficient (Wildman–Crippen LogP) is 3.89. The highest BCUT2D eigenvalue weighted by atomic mass is 32.2. The van der Waals surface area contributed by atoms with Gasteiger partial charge in [-0.1, -0.05) is 30.3 Å². The van der Waals surface area contributed by atoms with Gasteiger partial charge in [-0.05, 0) is 61.0 Å². The van der Waals surface area contributed by atoms with Gasteiger partial charge in [0.2, 0.25) is 10.0 Å². The second kappa shape index (κ2) is 9.86. The van der Waals surface area contributed by atoms with Crippen LogP contribution in [0.5, 0.6) is 0 Å². The summed E-state index contributed by atoms with van der Waals surface area (Å²) in [7, 11) is -3.53. The summed E-state index contributed by atoms with van der Waals surface area (Å²) in [4.78, 5) is 27.3. The average molecular weight is 484 g/mol. The number of amides is 2. The van der Waals surface area contributed by atoms with Crippen molar-refractivity contribution in [1.82, 2.24) is 9.62 Å². The molecule has 3 aromatic rings. The summed E-state index contributed by atoms with van der Waals surface area (Å²) in [5, 5.41) is 4.62. The van der Waals surface area contributed by atoms with Crippen molar-refractivity contribution >= 4 is 38.9 Å². The lowest BCUT2D eigenvalue weighted by Gasteiger charge is -2.32. The van der Waals surface area contributed by atoms with Gasteiger partial charge in [0, 0.05) is 35.9 Å². The number of nitrogens with zero attached hydrogens (tertiary/aromatic N) is 1. The Labute approximate surface area is 197 Å². The summed E-state index contributed by atoms with van der Waals surface area (Å²) < 4.78 is 27.9. The van der Waals surface area contributed by atoms with Gasteiger partial charge in [0.05, 0.1) is 0 Å². The van der Waals surface area contributed by atoms with Crippen molar-refractivity contribution in [2.24, 2.45) is 0 Å². The first-order valence-electron chi connectivity index (χ1n) is 10.7. The molecule has 2 amide bonds. The first-order valence-corrected chi connectivity index (χ1v) is 13.0. The monoisotopic (exact) mass is 483 g/mol. The molecule has 172 valence electrons. The van der Waals surface area contributed by atoms with Gasteiger partial charge >= 0.3 is 0 Å². The molecule has 9 heteroatoms. The number of piperidine rings is 1. The second-order valence-electron chi connectivity index (χ2n) is 7.97. The van der Waals surface area contributed by atoms with Crippen molar-refractivity contribution in [3.63, 3.8) is 0 Å². The van der Waals surface area contributed by atoms with E-state index in [0.29, 0.717) is 47.0 Å². The van der Waals surface area contributed by atoms with Gasteiger partial charge in [0.25, 0.3) is 11.8 Å². The molecule has 0 unspecified atom stereocenters. The molecule has 33 heavy (non-hydrogen) atoms. The number of nitrogens with one attached hydrogen (secondary N) is 2. The highest BCUT2D eigenvalue weighted by molar-refractivity contribution is 7.91. The molecule has 1 aromatic heterocycles. The van der Waals surface area contributed by atoms with Gasteiger partial charge in [-0.15, -0.1) is 11.3 Å². The Hall–Kier alpha value is -3.01. The Bertz CT molecular complexity index is 1230. The fraction of sp³-hybridized carbons (Fsp3) is 0.250. The molecular weight excluding hydrogens is 458 g/mol. The minimum Gasteiger partial charge on any atom is -0.339 e. The summed E-state index contributed by atoms with van der Waals surface area (Å²) in [6.07, 6.45) is 1.08. The maximum absolute atomic E-state index is 13.1. The third-order valence-electron chi connectivity index (χ3n) is 5.63. The van der Waals surface area contributed by atoms with Crippen LogP contribution in [0.25, 0.3) is 0 Å². The highest BCUT2D eigenvalue weighted by Gasteiger charge is 2.27. The van der Waals surface area contributed by atoms with E-state index in [0.717, 1.165) is 5.56 Å². The zero-order chi connectivity index (χ0) is 23.4. The number of benzene rings is 2. The van der Waals surface area contributed by atoms with Crippen molar-refractivity contribution in [1.29, 1.82) is 0 Å². The molecule has 4 rings (SSSR count). The van der Waals surface area contributed by atoms with Crippen LogP contribution in [-0.2, 0) is 10.0 Å². The molecule has 0 atom stereocenters. The number of likely N-dealkylation sites (tertiary alicyclic amines) is 1. The minimum absolute atomic E-state index is 0.134. The van der Waals surface area contributed by atoms with Gasteiger partial charge in [0.15, 0.2) is 0 Å². The molecule has 1 aliphatic heterocycles. The Balaban J connectivity index is 1.39. The largest absolute Gasteiger partial charge is 0.339 e. The fourth-order valence-corrected chi connectivity index (χ4v) is 6.07. The van der Waals surface area contributed by atoms with Gasteiger partial charge in [-0.2, -0.15) is 0 Å². The Morgan fingerprint density at radius 3 is 2.36 bits per heavy atom. The van der Waals surface area contributed by atoms with Crippen molar-refractivity contribution in [3.8, 4) is 0 Å². The van der Waals surface area contributed by atoms with Crippen molar-refractivity contribution in [2.75, 3.05) is 18.4 Å². The summed E-state index contributed by atoms with van der Waals surface area (Å²) in [6.45, 7) is 2.78. The Kier molecular flexibility index (Phi) is 6.92. The third kappa shape index (κ3) is 5.50. The molecule has 0 bridgehead atoms. The summed E-state index contributed by atoms with van der Waals surface area (Å²) >= 11 is 1.18. The van der Waals surface area contributed by atoms with Crippen LogP contribution >= 0.6 is 11.3 Å². The van der Waals surface area contributed by atoms with Gasteiger partial charge < -0.3 is 10.2 Å². The Morgan fingerprint density at radius 1 is 0.970 bits per heavy atom. The van der Waals surface area contributed by atoms with E-state index < -0.39 is 10.0 Å². The van der Waals surface area contributed by atoms with Crippen LogP contribution in [0.2, 0.25) is 0 Å². The van der Waals surface area contributed by atoms with Gasteiger partial charge in [-0.25, -0.2) is 13.1 Å². The first kappa shape index (κ1) is 23.2. The normalized spacial score (nSPS) is 14.8. The third-order valence-corrected chi connectivity index (χ3v) is 8.55. The number of hydrogen-bond acceptors (Lipinski definition) is 5. The van der Waals surface area contributed by atoms with E-state index >= 15 is 0 Å². The molecule has 2 aromatic carbocycles. The van der Waals surface area contributed by atoms with Crippen LogP contribution in [0.4, 0.5) is 5.69 Å². The standard InChI is InChI=1S/C24H25N3O4S2/c1-17-9-10-19(16-21(17)25-23(28)18-6-3-2-4-7-18)24(29)27-13-11-20(12-14-27)26-33(30,31)22-8-5-15-32-22/h2-10,15-16,20,26H,11-14H2,1H3,(H,25,28). The number of carbonyl (C=O) groups is 2. The number of thiophene rings is 1. The number of sulfonamides is 1. The van der Waals surface area contributed by atoms with Crippen LogP contribution in [-0.4, -0.2) is 44.3 Å². The van der Waals surface area contributed by atoms with Gasteiger partial charge in [-0.3, -0.25) is 9.59 Å². The molecule has 0 radical (unpaired) electrons. The molecule has 7 nitrogen and oxygen atoms in total. The van der Waals surface area contributed by atoms with Crippen LogP contribution in [0.3, 0.4) is 0 Å². The number of aryl methyl sites for hydroxylation is 1. The summed E-state index contributed by atoms with van der Waals surface area (Å²) in [5.74, 6) is -0.369. The van der Waals surface area contributed by atoms with E-state index in [1.807, 2.05) is 19.1 Å². The summed E-state index contributed by atoms with van der Waals surface area (Å²) in [6, 6.07) is 17.2. The number of hydrogen-bond donors (Lipinski definition) is 2. The van der Waals surface area contributed by atoms with E-state index in [4.69, 9.17) is 0 Å². The predicted molar refractivity (Wildman–Crippen MR) is 129 cm³/mol. The van der Waals surface area contributed by atoms with E-state index in [2.05, 4.69) is 10.0 Å². The second-order valence-corrected chi connectivity index (χ2v) is 10.9. The van der Waals surface area contributed by atoms with E-state index in [9.17, 15) is 18.0 Å². The maximum Gasteiger partial charge on any atom is 0.255 e. The highest BCUT2D eigenvalue weighted by Crippen LogP contribution is 2.22. The minimum atomic E-state index is -3.53. The molecular formula is C24H25N3O4S2. The smallest absolute Gasteiger partial charge is 0.255 e. The molecule has 2 heterocycles. The van der Waals surface area contributed by atoms with Crippen LogP contribution < -0.4 is 10.0 Å². The zero-order valence-corrected chi connectivity index (χ0v) is 19.8. The number of carbonyl (C=O) groups excluding carboxylic acids is 2. The van der Waals surface area contributed by atoms with Crippen LogP contribution in [0.1, 0.15) is 39.1 Å². The average Bonchev–Trinajstić information content (AvgIpc) is 3.37. The van der Waals surface area contributed by atoms with Crippen molar-refractivity contribution in [2.45, 2.75) is 30.0 Å². The lowest BCUT2D eigenvalue weighted by molar-refractivity contribution is 0.0711. The maximum atomic E-state index is 13.1. The molecule has 0 spiro atoms. The summed E-state index contributed by atoms with van der Waals surface area (Å²) in [5.41, 5.74) is 2.48. The topological polar surface area (TPSA) is 95.6 Å². The van der Waals surface area contributed by atoms with Crippen LogP contribution in [0, 0.1) is 6.92 Å². The molecule has 1 saturated heterocycles. The lowest BCUT2D eigenvalue weighted by Crippen LogP contribution is -2.46. The van der Waals surface area contributed by atoms with Crippen LogP contribution in [0.15, 0.2) is 70.3 Å². The Morgan fingerprint density at radius 2 is 1.70 bits per heavy atom. The molecule has 1 fully saturated rings. The molecule has 0 saturated carbocycles. The number of rotatable bonds is 6. The fourth-order valence-electron chi connectivity index (χ4n) is 3.75. The van der Waals surface area contributed by atoms with E-state index in [1.54, 1.807) is 58.8 Å². The van der Waals surface area contributed by atoms with Gasteiger partial charge in [0.1, 0.15) is 4.21 Å². The zero-order valence-electron chi connectivity index (χ0n) is 18.2. The SMILES string of the molecule is Cc1ccc(C(=O)N2CCC(NS(=O)(=O)c3cccs3)CC2)cc1NC(=O)c1ccccc1. The lowest BCUT2D eigenvalue weighted by atomic mass is 10.0. The quantitative estimate of drug-likeness (QED) is 0.556. The molecule has 0 aliphatic carbocycles. The van der Waals surface area contributed by atoms with E-state index in [1.165, 1.54) is 11.3 Å².